The van der Waals surface area contributed by atoms with Crippen molar-refractivity contribution in [3.05, 3.63) is 47.8 Å². The fourth-order valence-corrected chi connectivity index (χ4v) is 2.41. The van der Waals surface area contributed by atoms with E-state index >= 15 is 0 Å². The summed E-state index contributed by atoms with van der Waals surface area (Å²) in [6, 6.07) is 9.97. The normalized spacial score (nSPS) is 18.7. The van der Waals surface area contributed by atoms with Crippen LogP contribution in [-0.2, 0) is 11.3 Å². The van der Waals surface area contributed by atoms with Crippen LogP contribution < -0.4 is 0 Å². The van der Waals surface area contributed by atoms with E-state index in [-0.39, 0.29) is 12.0 Å². The minimum atomic E-state index is -0.0792. The van der Waals surface area contributed by atoms with E-state index in [0.29, 0.717) is 31.9 Å². The zero-order chi connectivity index (χ0) is 14.7. The average Bonchev–Trinajstić information content (AvgIpc) is 2.96. The van der Waals surface area contributed by atoms with E-state index in [1.165, 1.54) is 0 Å². The van der Waals surface area contributed by atoms with Gasteiger partial charge in [0.05, 0.1) is 25.5 Å². The van der Waals surface area contributed by atoms with Crippen LogP contribution in [0.2, 0.25) is 0 Å². The van der Waals surface area contributed by atoms with Crippen molar-refractivity contribution in [2.75, 3.05) is 19.7 Å². The van der Waals surface area contributed by atoms with Gasteiger partial charge in [-0.3, -0.25) is 4.79 Å². The van der Waals surface area contributed by atoms with Gasteiger partial charge in [0.15, 0.2) is 5.69 Å². The van der Waals surface area contributed by atoms with Crippen LogP contribution >= 0.6 is 0 Å². The number of hydrogen-bond donors (Lipinski definition) is 0. The van der Waals surface area contributed by atoms with Crippen LogP contribution in [0.5, 0.6) is 0 Å². The molecule has 0 radical (unpaired) electrons. The highest BCUT2D eigenvalue weighted by molar-refractivity contribution is 5.92. The molecule has 0 N–H and O–H groups in total. The van der Waals surface area contributed by atoms with Gasteiger partial charge in [-0.1, -0.05) is 35.5 Å². The van der Waals surface area contributed by atoms with Crippen molar-refractivity contribution >= 4 is 5.91 Å². The van der Waals surface area contributed by atoms with Gasteiger partial charge >= 0.3 is 0 Å². The van der Waals surface area contributed by atoms with Crippen molar-refractivity contribution in [1.29, 1.82) is 0 Å². The zero-order valence-electron chi connectivity index (χ0n) is 12.0. The summed E-state index contributed by atoms with van der Waals surface area (Å²) in [5.74, 6) is -0.0792. The number of carbonyl (C=O) groups is 1. The number of aromatic nitrogens is 3. The van der Waals surface area contributed by atoms with Crippen LogP contribution in [0, 0.1) is 0 Å². The third kappa shape index (κ3) is 3.28. The van der Waals surface area contributed by atoms with Crippen molar-refractivity contribution < 1.29 is 9.53 Å². The Kier molecular flexibility index (Phi) is 3.96. The highest BCUT2D eigenvalue weighted by Crippen LogP contribution is 2.09. The van der Waals surface area contributed by atoms with Crippen molar-refractivity contribution in [3.8, 4) is 0 Å². The number of carbonyl (C=O) groups excluding carboxylic acids is 1. The highest BCUT2D eigenvalue weighted by atomic mass is 16.5. The lowest BCUT2D eigenvalue weighted by Crippen LogP contribution is -2.44. The van der Waals surface area contributed by atoms with Crippen molar-refractivity contribution in [2.45, 2.75) is 19.6 Å². The topological polar surface area (TPSA) is 60.2 Å². The molecule has 1 fully saturated rings. The molecule has 0 aliphatic carbocycles. The van der Waals surface area contributed by atoms with E-state index in [9.17, 15) is 4.79 Å². The maximum Gasteiger partial charge on any atom is 0.276 e. The summed E-state index contributed by atoms with van der Waals surface area (Å²) in [7, 11) is 0. The molecule has 3 rings (SSSR count). The number of amides is 1. The summed E-state index contributed by atoms with van der Waals surface area (Å²) in [4.78, 5) is 14.1. The number of morpholine rings is 1. The van der Waals surface area contributed by atoms with Gasteiger partial charge in [-0.15, -0.1) is 5.10 Å². The van der Waals surface area contributed by atoms with Gasteiger partial charge in [0.25, 0.3) is 5.91 Å². The highest BCUT2D eigenvalue weighted by Gasteiger charge is 2.24. The van der Waals surface area contributed by atoms with E-state index in [0.717, 1.165) is 5.56 Å². The third-order valence-electron chi connectivity index (χ3n) is 3.47. The Bertz CT molecular complexity index is 611. The van der Waals surface area contributed by atoms with E-state index in [2.05, 4.69) is 10.3 Å². The lowest BCUT2D eigenvalue weighted by Gasteiger charge is -2.30. The average molecular weight is 286 g/mol. The van der Waals surface area contributed by atoms with Crippen molar-refractivity contribution in [3.63, 3.8) is 0 Å². The molecule has 0 bridgehead atoms. The molecule has 1 aliphatic rings. The van der Waals surface area contributed by atoms with Gasteiger partial charge in [-0.05, 0) is 12.5 Å². The molecule has 2 aromatic rings. The predicted molar refractivity (Wildman–Crippen MR) is 76.9 cm³/mol. The smallest absolute Gasteiger partial charge is 0.276 e. The maximum absolute atomic E-state index is 12.4. The molecule has 21 heavy (non-hydrogen) atoms. The first-order chi connectivity index (χ1) is 10.2. The second-order valence-corrected chi connectivity index (χ2v) is 5.22. The van der Waals surface area contributed by atoms with Crippen molar-refractivity contribution in [2.24, 2.45) is 0 Å². The third-order valence-corrected chi connectivity index (χ3v) is 3.47. The van der Waals surface area contributed by atoms with E-state index in [1.807, 2.05) is 37.3 Å². The summed E-state index contributed by atoms with van der Waals surface area (Å²) >= 11 is 0. The Morgan fingerprint density at radius 3 is 2.95 bits per heavy atom. The van der Waals surface area contributed by atoms with Gasteiger partial charge in [0.1, 0.15) is 0 Å². The molecule has 110 valence electrons. The molecule has 6 nitrogen and oxygen atoms in total. The molecule has 1 atom stereocenters. The fourth-order valence-electron chi connectivity index (χ4n) is 2.41. The van der Waals surface area contributed by atoms with Crippen LogP contribution in [0.4, 0.5) is 0 Å². The van der Waals surface area contributed by atoms with Gasteiger partial charge < -0.3 is 9.64 Å². The summed E-state index contributed by atoms with van der Waals surface area (Å²) in [5.41, 5.74) is 1.52. The van der Waals surface area contributed by atoms with Crippen LogP contribution in [-0.4, -0.2) is 51.6 Å². The minimum Gasteiger partial charge on any atom is -0.375 e. The van der Waals surface area contributed by atoms with Crippen molar-refractivity contribution in [1.82, 2.24) is 19.9 Å². The number of rotatable bonds is 3. The molecule has 0 spiro atoms. The molecule has 1 amide bonds. The second kappa shape index (κ2) is 6.05. The Hall–Kier alpha value is -2.21. The van der Waals surface area contributed by atoms with Gasteiger partial charge in [-0.25, -0.2) is 4.68 Å². The summed E-state index contributed by atoms with van der Waals surface area (Å²) < 4.78 is 7.13. The van der Waals surface area contributed by atoms with E-state index in [1.54, 1.807) is 15.8 Å². The predicted octanol–water partition coefficient (Wildman–Crippen LogP) is 1.19. The first kappa shape index (κ1) is 13.8. The molecule has 1 aliphatic heterocycles. The Balaban J connectivity index is 1.68. The molecule has 1 saturated heterocycles. The Labute approximate surface area is 123 Å². The van der Waals surface area contributed by atoms with Crippen LogP contribution in [0.15, 0.2) is 36.5 Å². The molecular weight excluding hydrogens is 268 g/mol. The fraction of sp³-hybridized carbons (Fsp3) is 0.400. The number of hydrogen-bond acceptors (Lipinski definition) is 4. The Morgan fingerprint density at radius 1 is 1.38 bits per heavy atom. The Morgan fingerprint density at radius 2 is 2.19 bits per heavy atom. The van der Waals surface area contributed by atoms with Gasteiger partial charge in [0, 0.05) is 13.1 Å². The molecule has 6 heteroatoms. The zero-order valence-corrected chi connectivity index (χ0v) is 12.0. The number of nitrogens with zero attached hydrogens (tertiary/aromatic N) is 4. The molecule has 2 heterocycles. The largest absolute Gasteiger partial charge is 0.375 e. The van der Waals surface area contributed by atoms with E-state index in [4.69, 9.17) is 4.74 Å². The minimum absolute atomic E-state index is 0.0714. The number of ether oxygens (including phenoxy) is 1. The second-order valence-electron chi connectivity index (χ2n) is 5.22. The molecular formula is C15H18N4O2. The van der Waals surface area contributed by atoms with Gasteiger partial charge in [0.2, 0.25) is 0 Å². The number of benzene rings is 1. The summed E-state index contributed by atoms with van der Waals surface area (Å²) in [5, 5.41) is 8.03. The molecule has 1 aromatic carbocycles. The van der Waals surface area contributed by atoms with Crippen LogP contribution in [0.1, 0.15) is 23.0 Å². The van der Waals surface area contributed by atoms with E-state index < -0.39 is 0 Å². The lowest BCUT2D eigenvalue weighted by atomic mass is 10.2. The van der Waals surface area contributed by atoms with Crippen LogP contribution in [0.25, 0.3) is 0 Å². The first-order valence-electron chi connectivity index (χ1n) is 7.07. The van der Waals surface area contributed by atoms with Gasteiger partial charge in [-0.2, -0.15) is 0 Å². The lowest BCUT2D eigenvalue weighted by molar-refractivity contribution is -0.0126. The quantitative estimate of drug-likeness (QED) is 0.850. The molecule has 0 saturated carbocycles. The monoisotopic (exact) mass is 286 g/mol. The summed E-state index contributed by atoms with van der Waals surface area (Å²) in [6.45, 7) is 4.36. The standard InChI is InChI=1S/C15H18N4O2/c1-12-9-18(7-8-21-12)15(20)14-11-19(17-16-14)10-13-5-3-2-4-6-13/h2-6,11-12H,7-10H2,1H3. The molecule has 1 aromatic heterocycles. The maximum atomic E-state index is 12.4. The molecule has 1 unspecified atom stereocenters. The first-order valence-corrected chi connectivity index (χ1v) is 7.07. The van der Waals surface area contributed by atoms with Crippen LogP contribution in [0.3, 0.4) is 0 Å². The SMILES string of the molecule is CC1CN(C(=O)c2cn(Cc3ccccc3)nn2)CCO1. The summed E-state index contributed by atoms with van der Waals surface area (Å²) in [6.07, 6.45) is 1.78.